The molecular formula is C15H18N6O2. The third-order valence-corrected chi connectivity index (χ3v) is 3.93. The van der Waals surface area contributed by atoms with Gasteiger partial charge in [0.25, 0.3) is 5.91 Å². The number of nitrogens with one attached hydrogen (secondary N) is 1. The average molecular weight is 314 g/mol. The van der Waals surface area contributed by atoms with E-state index in [2.05, 4.69) is 20.6 Å². The highest BCUT2D eigenvalue weighted by atomic mass is 16.2. The van der Waals surface area contributed by atoms with E-state index in [1.165, 1.54) is 0 Å². The number of amides is 2. The summed E-state index contributed by atoms with van der Waals surface area (Å²) in [5.41, 5.74) is 1.81. The predicted octanol–water partition coefficient (Wildman–Crippen LogP) is 0.0352. The zero-order valence-corrected chi connectivity index (χ0v) is 12.9. The van der Waals surface area contributed by atoms with Crippen molar-refractivity contribution in [2.45, 2.75) is 13.3 Å². The van der Waals surface area contributed by atoms with Gasteiger partial charge < -0.3 is 9.80 Å². The SMILES string of the molecule is Cc1ccc(C(=O)N2CCN(C(=O)Cc3nnn[nH]3)CC2)cc1. The normalized spacial score (nSPS) is 14.8. The van der Waals surface area contributed by atoms with Crippen molar-refractivity contribution in [3.8, 4) is 0 Å². The average Bonchev–Trinajstić information content (AvgIpc) is 3.08. The number of carbonyl (C=O) groups excluding carboxylic acids is 2. The number of hydrogen-bond acceptors (Lipinski definition) is 5. The molecule has 1 N–H and O–H groups in total. The van der Waals surface area contributed by atoms with E-state index in [1.807, 2.05) is 31.2 Å². The Bertz CT molecular complexity index is 675. The number of H-pyrrole nitrogens is 1. The second kappa shape index (κ2) is 6.55. The molecule has 0 radical (unpaired) electrons. The van der Waals surface area contributed by atoms with Gasteiger partial charge in [0.05, 0.1) is 6.42 Å². The number of nitrogens with zero attached hydrogens (tertiary/aromatic N) is 5. The third-order valence-electron chi connectivity index (χ3n) is 3.93. The quantitative estimate of drug-likeness (QED) is 0.863. The van der Waals surface area contributed by atoms with Crippen molar-refractivity contribution in [3.05, 3.63) is 41.2 Å². The van der Waals surface area contributed by atoms with E-state index in [0.29, 0.717) is 37.6 Å². The standard InChI is InChI=1S/C15H18N6O2/c1-11-2-4-12(5-3-11)15(23)21-8-6-20(7-9-21)14(22)10-13-16-18-19-17-13/h2-5H,6-10H2,1H3,(H,16,17,18,19). The molecule has 1 aliphatic rings. The van der Waals surface area contributed by atoms with Crippen LogP contribution in [0.3, 0.4) is 0 Å². The topological polar surface area (TPSA) is 95.1 Å². The first-order chi connectivity index (χ1) is 11.1. The smallest absolute Gasteiger partial charge is 0.253 e. The summed E-state index contributed by atoms with van der Waals surface area (Å²) >= 11 is 0. The molecule has 1 aromatic carbocycles. The summed E-state index contributed by atoms with van der Waals surface area (Å²) in [5, 5.41) is 13.2. The van der Waals surface area contributed by atoms with E-state index >= 15 is 0 Å². The van der Waals surface area contributed by atoms with Gasteiger partial charge in [-0.2, -0.15) is 0 Å². The number of aromatic amines is 1. The molecule has 2 amide bonds. The summed E-state index contributed by atoms with van der Waals surface area (Å²) < 4.78 is 0. The molecule has 2 aromatic rings. The summed E-state index contributed by atoms with van der Waals surface area (Å²) in [4.78, 5) is 28.1. The molecule has 0 aliphatic carbocycles. The van der Waals surface area contributed by atoms with E-state index in [9.17, 15) is 9.59 Å². The molecular weight excluding hydrogens is 296 g/mol. The van der Waals surface area contributed by atoms with Crippen LogP contribution in [0.25, 0.3) is 0 Å². The Kier molecular flexibility index (Phi) is 4.31. The maximum Gasteiger partial charge on any atom is 0.253 e. The highest BCUT2D eigenvalue weighted by Crippen LogP contribution is 2.11. The molecule has 0 spiro atoms. The van der Waals surface area contributed by atoms with Crippen LogP contribution in [-0.4, -0.2) is 68.4 Å². The van der Waals surface area contributed by atoms with Gasteiger partial charge >= 0.3 is 0 Å². The van der Waals surface area contributed by atoms with Crippen molar-refractivity contribution >= 4 is 11.8 Å². The first kappa shape index (κ1) is 15.1. The van der Waals surface area contributed by atoms with Gasteiger partial charge in [-0.25, -0.2) is 5.10 Å². The van der Waals surface area contributed by atoms with Gasteiger partial charge in [-0.3, -0.25) is 9.59 Å². The minimum atomic E-state index is -0.0361. The Labute approximate surface area is 133 Å². The number of rotatable bonds is 3. The Morgan fingerprint density at radius 2 is 1.74 bits per heavy atom. The lowest BCUT2D eigenvalue weighted by atomic mass is 10.1. The lowest BCUT2D eigenvalue weighted by Crippen LogP contribution is -2.51. The van der Waals surface area contributed by atoms with Gasteiger partial charge in [0.2, 0.25) is 5.91 Å². The molecule has 0 atom stereocenters. The number of tetrazole rings is 1. The maximum absolute atomic E-state index is 12.4. The highest BCUT2D eigenvalue weighted by molar-refractivity contribution is 5.94. The van der Waals surface area contributed by atoms with Crippen molar-refractivity contribution in [2.75, 3.05) is 26.2 Å². The number of hydrogen-bond donors (Lipinski definition) is 1. The number of aromatic nitrogens is 4. The first-order valence-corrected chi connectivity index (χ1v) is 7.50. The van der Waals surface area contributed by atoms with Gasteiger partial charge in [-0.05, 0) is 29.5 Å². The third kappa shape index (κ3) is 3.53. The second-order valence-electron chi connectivity index (χ2n) is 5.56. The lowest BCUT2D eigenvalue weighted by Gasteiger charge is -2.34. The Morgan fingerprint density at radius 3 is 2.35 bits per heavy atom. The van der Waals surface area contributed by atoms with Crippen molar-refractivity contribution in [3.63, 3.8) is 0 Å². The Balaban J connectivity index is 1.54. The van der Waals surface area contributed by atoms with Crippen LogP contribution in [0, 0.1) is 6.92 Å². The van der Waals surface area contributed by atoms with Crippen LogP contribution in [0.5, 0.6) is 0 Å². The zero-order valence-electron chi connectivity index (χ0n) is 12.9. The van der Waals surface area contributed by atoms with Crippen LogP contribution in [0.4, 0.5) is 0 Å². The van der Waals surface area contributed by atoms with Crippen LogP contribution in [0.15, 0.2) is 24.3 Å². The summed E-state index contributed by atoms with van der Waals surface area (Å²) in [6, 6.07) is 7.54. The lowest BCUT2D eigenvalue weighted by molar-refractivity contribution is -0.132. The van der Waals surface area contributed by atoms with Crippen LogP contribution >= 0.6 is 0 Å². The molecule has 0 unspecified atom stereocenters. The summed E-state index contributed by atoms with van der Waals surface area (Å²) in [6.45, 7) is 4.11. The molecule has 8 nitrogen and oxygen atoms in total. The van der Waals surface area contributed by atoms with Gasteiger partial charge in [0.1, 0.15) is 0 Å². The number of benzene rings is 1. The molecule has 1 fully saturated rings. The fraction of sp³-hybridized carbons (Fsp3) is 0.400. The molecule has 1 aliphatic heterocycles. The van der Waals surface area contributed by atoms with Gasteiger partial charge in [0.15, 0.2) is 5.82 Å². The van der Waals surface area contributed by atoms with E-state index in [-0.39, 0.29) is 18.2 Å². The summed E-state index contributed by atoms with van der Waals surface area (Å²) in [7, 11) is 0. The van der Waals surface area contributed by atoms with Crippen molar-refractivity contribution < 1.29 is 9.59 Å². The molecule has 1 aromatic heterocycles. The van der Waals surface area contributed by atoms with Gasteiger partial charge in [-0.15, -0.1) is 5.10 Å². The summed E-state index contributed by atoms with van der Waals surface area (Å²) in [5.74, 6) is 0.427. The summed E-state index contributed by atoms with van der Waals surface area (Å²) in [6.07, 6.45) is 0.152. The Hall–Kier alpha value is -2.77. The molecule has 2 heterocycles. The van der Waals surface area contributed by atoms with E-state index in [0.717, 1.165) is 5.56 Å². The van der Waals surface area contributed by atoms with Crippen molar-refractivity contribution in [1.29, 1.82) is 0 Å². The first-order valence-electron chi connectivity index (χ1n) is 7.50. The van der Waals surface area contributed by atoms with E-state index < -0.39 is 0 Å². The van der Waals surface area contributed by atoms with E-state index in [4.69, 9.17) is 0 Å². The largest absolute Gasteiger partial charge is 0.339 e. The van der Waals surface area contributed by atoms with Crippen molar-refractivity contribution in [1.82, 2.24) is 30.4 Å². The fourth-order valence-corrected chi connectivity index (χ4v) is 2.55. The van der Waals surface area contributed by atoms with Crippen LogP contribution < -0.4 is 0 Å². The molecule has 0 bridgehead atoms. The molecule has 1 saturated heterocycles. The maximum atomic E-state index is 12.4. The van der Waals surface area contributed by atoms with Crippen molar-refractivity contribution in [2.24, 2.45) is 0 Å². The molecule has 23 heavy (non-hydrogen) atoms. The van der Waals surface area contributed by atoms with Crippen LogP contribution in [0.2, 0.25) is 0 Å². The minimum Gasteiger partial charge on any atom is -0.339 e. The van der Waals surface area contributed by atoms with Crippen LogP contribution in [-0.2, 0) is 11.2 Å². The number of carbonyl (C=O) groups is 2. The second-order valence-corrected chi connectivity index (χ2v) is 5.56. The monoisotopic (exact) mass is 314 g/mol. The minimum absolute atomic E-state index is 0.0107. The molecule has 120 valence electrons. The Morgan fingerprint density at radius 1 is 1.09 bits per heavy atom. The van der Waals surface area contributed by atoms with Gasteiger partial charge in [0, 0.05) is 31.7 Å². The molecule has 8 heteroatoms. The van der Waals surface area contributed by atoms with Crippen LogP contribution in [0.1, 0.15) is 21.7 Å². The number of aryl methyl sites for hydroxylation is 1. The fourth-order valence-electron chi connectivity index (χ4n) is 2.55. The van der Waals surface area contributed by atoms with Gasteiger partial charge in [-0.1, -0.05) is 17.7 Å². The highest BCUT2D eigenvalue weighted by Gasteiger charge is 2.25. The zero-order chi connectivity index (χ0) is 16.2. The van der Waals surface area contributed by atoms with E-state index in [1.54, 1.807) is 9.80 Å². The number of piperazine rings is 1. The predicted molar refractivity (Wildman–Crippen MR) is 81.5 cm³/mol. The molecule has 3 rings (SSSR count). The molecule has 0 saturated carbocycles.